The average molecular weight is 416 g/mol. The number of carbonyl (C=O) groups excluding carboxylic acids is 3. The van der Waals surface area contributed by atoms with Crippen molar-refractivity contribution in [2.75, 3.05) is 31.3 Å². The maximum absolute atomic E-state index is 12.3. The molecule has 0 spiro atoms. The fourth-order valence-electron chi connectivity index (χ4n) is 3.27. The summed E-state index contributed by atoms with van der Waals surface area (Å²) in [4.78, 5) is 38.1. The summed E-state index contributed by atoms with van der Waals surface area (Å²) in [6.07, 6.45) is 1.37. The van der Waals surface area contributed by atoms with Gasteiger partial charge in [0.15, 0.2) is 23.9 Å². The number of nitrogens with zero attached hydrogens (tertiary/aromatic N) is 1. The molecular formula is C21H18ClNO6. The summed E-state index contributed by atoms with van der Waals surface area (Å²) in [5.41, 5.74) is 1.33. The fourth-order valence-corrected chi connectivity index (χ4v) is 3.54. The lowest BCUT2D eigenvalue weighted by Gasteiger charge is -2.20. The van der Waals surface area contributed by atoms with Crippen molar-refractivity contribution in [1.29, 1.82) is 0 Å². The maximum Gasteiger partial charge on any atom is 0.338 e. The minimum Gasteiger partial charge on any atom is -0.486 e. The van der Waals surface area contributed by atoms with Crippen molar-refractivity contribution in [3.8, 4) is 11.5 Å². The van der Waals surface area contributed by atoms with Gasteiger partial charge in [0.1, 0.15) is 13.2 Å². The Morgan fingerprint density at radius 1 is 1.07 bits per heavy atom. The molecule has 1 amide bonds. The molecule has 0 bridgehead atoms. The minimum atomic E-state index is -0.684. The molecule has 4 rings (SSSR count). The molecule has 0 N–H and O–H groups in total. The number of fused-ring (bicyclic) bond motifs is 1. The van der Waals surface area contributed by atoms with Gasteiger partial charge in [-0.05, 0) is 42.8 Å². The van der Waals surface area contributed by atoms with E-state index in [9.17, 15) is 14.4 Å². The van der Waals surface area contributed by atoms with Crippen LogP contribution in [0.3, 0.4) is 0 Å². The number of carbonyl (C=O) groups is 3. The highest BCUT2D eigenvalue weighted by Gasteiger charge is 2.23. The summed E-state index contributed by atoms with van der Waals surface area (Å²) in [6.45, 7) is 1.02. The first kappa shape index (κ1) is 19.3. The average Bonchev–Trinajstić information content (AvgIpc) is 3.17. The van der Waals surface area contributed by atoms with Gasteiger partial charge in [-0.3, -0.25) is 9.59 Å². The van der Waals surface area contributed by atoms with E-state index in [4.69, 9.17) is 25.8 Å². The van der Waals surface area contributed by atoms with Gasteiger partial charge in [-0.15, -0.1) is 0 Å². The Kier molecular flexibility index (Phi) is 5.40. The Labute approximate surface area is 172 Å². The van der Waals surface area contributed by atoms with Gasteiger partial charge in [-0.2, -0.15) is 0 Å². The van der Waals surface area contributed by atoms with E-state index in [1.807, 2.05) is 0 Å². The third-order valence-corrected chi connectivity index (χ3v) is 5.02. The molecule has 2 aliphatic rings. The second-order valence-electron chi connectivity index (χ2n) is 6.68. The number of hydrogen-bond donors (Lipinski definition) is 0. The Morgan fingerprint density at radius 2 is 1.83 bits per heavy atom. The summed E-state index contributed by atoms with van der Waals surface area (Å²) >= 11 is 6.12. The van der Waals surface area contributed by atoms with Gasteiger partial charge in [0.25, 0.3) is 0 Å². The highest BCUT2D eigenvalue weighted by atomic mass is 35.5. The summed E-state index contributed by atoms with van der Waals surface area (Å²) in [5.74, 6) is -0.190. The molecule has 150 valence electrons. The van der Waals surface area contributed by atoms with Crippen LogP contribution in [-0.2, 0) is 9.53 Å². The molecule has 2 aromatic carbocycles. The molecule has 1 saturated heterocycles. The van der Waals surface area contributed by atoms with Crippen molar-refractivity contribution in [3.05, 3.63) is 52.5 Å². The third kappa shape index (κ3) is 4.05. The number of Topliss-reactive ketones (excluding diaryl/α,β-unsaturated/α-hetero) is 1. The molecule has 2 aromatic rings. The monoisotopic (exact) mass is 415 g/mol. The van der Waals surface area contributed by atoms with E-state index in [1.54, 1.807) is 29.2 Å². The van der Waals surface area contributed by atoms with E-state index in [2.05, 4.69) is 0 Å². The number of rotatable bonds is 5. The first-order chi connectivity index (χ1) is 14.0. The normalized spacial score (nSPS) is 15.3. The Bertz CT molecular complexity index is 972. The topological polar surface area (TPSA) is 82.1 Å². The molecular weight excluding hydrogens is 398 g/mol. The fraction of sp³-hybridized carbons (Fsp3) is 0.286. The molecule has 0 aromatic heterocycles. The number of halogens is 1. The van der Waals surface area contributed by atoms with Gasteiger partial charge in [-0.25, -0.2) is 4.79 Å². The van der Waals surface area contributed by atoms with Crippen molar-refractivity contribution in [2.45, 2.75) is 12.8 Å². The number of amides is 1. The molecule has 2 heterocycles. The lowest BCUT2D eigenvalue weighted by molar-refractivity contribution is -0.117. The molecule has 7 nitrogen and oxygen atoms in total. The zero-order chi connectivity index (χ0) is 20.4. The van der Waals surface area contributed by atoms with Gasteiger partial charge in [-0.1, -0.05) is 11.6 Å². The van der Waals surface area contributed by atoms with Gasteiger partial charge in [0, 0.05) is 24.2 Å². The van der Waals surface area contributed by atoms with Crippen LogP contribution in [0.1, 0.15) is 33.6 Å². The van der Waals surface area contributed by atoms with Crippen LogP contribution in [0.4, 0.5) is 5.69 Å². The predicted octanol–water partition coefficient (Wildman–Crippen LogP) is 3.28. The Balaban J connectivity index is 1.38. The summed E-state index contributed by atoms with van der Waals surface area (Å²) in [7, 11) is 0. The van der Waals surface area contributed by atoms with Crippen molar-refractivity contribution in [1.82, 2.24) is 0 Å². The minimum absolute atomic E-state index is 0.0797. The summed E-state index contributed by atoms with van der Waals surface area (Å²) < 4.78 is 16.0. The van der Waals surface area contributed by atoms with Crippen molar-refractivity contribution >= 4 is 34.9 Å². The number of ether oxygens (including phenoxy) is 3. The zero-order valence-corrected chi connectivity index (χ0v) is 16.2. The largest absolute Gasteiger partial charge is 0.486 e. The number of anilines is 1. The van der Waals surface area contributed by atoms with Gasteiger partial charge >= 0.3 is 5.97 Å². The highest BCUT2D eigenvalue weighted by molar-refractivity contribution is 6.32. The van der Waals surface area contributed by atoms with Crippen LogP contribution in [0.5, 0.6) is 11.5 Å². The molecule has 0 atom stereocenters. The van der Waals surface area contributed by atoms with Crippen LogP contribution in [-0.4, -0.2) is 44.0 Å². The second-order valence-corrected chi connectivity index (χ2v) is 7.08. The van der Waals surface area contributed by atoms with Crippen LogP contribution in [0.15, 0.2) is 36.4 Å². The van der Waals surface area contributed by atoms with Crippen LogP contribution in [0.25, 0.3) is 0 Å². The molecule has 0 aliphatic carbocycles. The molecule has 29 heavy (non-hydrogen) atoms. The maximum atomic E-state index is 12.3. The van der Waals surface area contributed by atoms with Gasteiger partial charge < -0.3 is 19.1 Å². The SMILES string of the molecule is O=C(COC(=O)c1cc(Cl)c2c(c1)OCCO2)c1ccc(N2CCCC2=O)cc1. The van der Waals surface area contributed by atoms with E-state index in [1.165, 1.54) is 12.1 Å². The molecule has 0 saturated carbocycles. The van der Waals surface area contributed by atoms with Crippen molar-refractivity contribution < 1.29 is 28.6 Å². The Hall–Kier alpha value is -3.06. The van der Waals surface area contributed by atoms with E-state index in [0.29, 0.717) is 43.2 Å². The highest BCUT2D eigenvalue weighted by Crippen LogP contribution is 2.38. The van der Waals surface area contributed by atoms with Gasteiger partial charge in [0.2, 0.25) is 5.91 Å². The quantitative estimate of drug-likeness (QED) is 0.550. The zero-order valence-electron chi connectivity index (χ0n) is 15.5. The van der Waals surface area contributed by atoms with Crippen LogP contribution < -0.4 is 14.4 Å². The molecule has 0 radical (unpaired) electrons. The molecule has 8 heteroatoms. The van der Waals surface area contributed by atoms with E-state index >= 15 is 0 Å². The number of ketones is 1. The van der Waals surface area contributed by atoms with Crippen molar-refractivity contribution in [3.63, 3.8) is 0 Å². The lowest BCUT2D eigenvalue weighted by Crippen LogP contribution is -2.23. The molecule has 2 aliphatic heterocycles. The smallest absolute Gasteiger partial charge is 0.338 e. The predicted molar refractivity (Wildman–Crippen MR) is 105 cm³/mol. The first-order valence-corrected chi connectivity index (χ1v) is 9.60. The second kappa shape index (κ2) is 8.13. The first-order valence-electron chi connectivity index (χ1n) is 9.23. The molecule has 1 fully saturated rings. The number of hydrogen-bond acceptors (Lipinski definition) is 6. The summed E-state index contributed by atoms with van der Waals surface area (Å²) in [6, 6.07) is 9.59. The van der Waals surface area contributed by atoms with Crippen LogP contribution in [0.2, 0.25) is 5.02 Å². The number of esters is 1. The Morgan fingerprint density at radius 3 is 2.55 bits per heavy atom. The van der Waals surface area contributed by atoms with Crippen LogP contribution in [0, 0.1) is 0 Å². The van der Waals surface area contributed by atoms with Gasteiger partial charge in [0.05, 0.1) is 10.6 Å². The number of benzene rings is 2. The molecule has 0 unspecified atom stereocenters. The van der Waals surface area contributed by atoms with Crippen LogP contribution >= 0.6 is 11.6 Å². The van der Waals surface area contributed by atoms with E-state index in [-0.39, 0.29) is 22.3 Å². The van der Waals surface area contributed by atoms with E-state index < -0.39 is 12.6 Å². The standard InChI is InChI=1S/C21H18ClNO6/c22-16-10-14(11-18-20(16)28-9-8-27-18)21(26)29-12-17(24)13-3-5-15(6-4-13)23-7-1-2-19(23)25/h3-6,10-11H,1-2,7-9,12H2. The van der Waals surface area contributed by atoms with E-state index in [0.717, 1.165) is 12.1 Å². The van der Waals surface area contributed by atoms with Crippen molar-refractivity contribution in [2.24, 2.45) is 0 Å². The lowest BCUT2D eigenvalue weighted by atomic mass is 10.1. The summed E-state index contributed by atoms with van der Waals surface area (Å²) in [5, 5.41) is 0.243. The third-order valence-electron chi connectivity index (χ3n) is 4.74.